The van der Waals surface area contributed by atoms with Crippen LogP contribution in [-0.4, -0.2) is 18.3 Å². The Balaban J connectivity index is 1.45. The second-order valence-electron chi connectivity index (χ2n) is 8.83. The summed E-state index contributed by atoms with van der Waals surface area (Å²) in [6, 6.07) is 5.83. The molecule has 2 aromatic heterocycles. The minimum atomic E-state index is -0.342. The molecule has 3 aliphatic rings. The highest BCUT2D eigenvalue weighted by molar-refractivity contribution is 7.10. The monoisotopic (exact) mass is 400 g/mol. The van der Waals surface area contributed by atoms with Gasteiger partial charge in [0.1, 0.15) is 11.5 Å². The SMILES string of the molecule is O=c1oc(C(CC2CCCOC2)C2CC2)cc(O)c1C(c1cccs1)C1CC1. The van der Waals surface area contributed by atoms with Gasteiger partial charge in [0.15, 0.2) is 0 Å². The minimum Gasteiger partial charge on any atom is -0.507 e. The highest BCUT2D eigenvalue weighted by atomic mass is 32.1. The average Bonchev–Trinajstić information content (AvgIpc) is 3.62. The smallest absolute Gasteiger partial charge is 0.343 e. The van der Waals surface area contributed by atoms with Gasteiger partial charge in [-0.15, -0.1) is 11.3 Å². The van der Waals surface area contributed by atoms with Crippen LogP contribution in [0.1, 0.15) is 73.0 Å². The Morgan fingerprint density at radius 2 is 2.00 bits per heavy atom. The van der Waals surface area contributed by atoms with E-state index >= 15 is 0 Å². The van der Waals surface area contributed by atoms with Crippen molar-refractivity contribution in [1.82, 2.24) is 0 Å². The van der Waals surface area contributed by atoms with Crippen molar-refractivity contribution in [2.75, 3.05) is 13.2 Å². The fourth-order valence-electron chi connectivity index (χ4n) is 4.88. The lowest BCUT2D eigenvalue weighted by Gasteiger charge is -2.26. The Bertz CT molecular complexity index is 857. The molecule has 3 fully saturated rings. The molecule has 2 aliphatic carbocycles. The molecule has 1 aliphatic heterocycles. The predicted octanol–water partition coefficient (Wildman–Crippen LogP) is 5.26. The van der Waals surface area contributed by atoms with E-state index in [4.69, 9.17) is 9.15 Å². The molecule has 0 amide bonds. The van der Waals surface area contributed by atoms with Crippen molar-refractivity contribution in [2.45, 2.75) is 56.8 Å². The minimum absolute atomic E-state index is 0.0311. The summed E-state index contributed by atoms with van der Waals surface area (Å²) in [6.45, 7) is 1.67. The van der Waals surface area contributed by atoms with E-state index in [1.165, 1.54) is 19.3 Å². The maximum atomic E-state index is 13.0. The molecule has 3 heterocycles. The van der Waals surface area contributed by atoms with Crippen LogP contribution in [0.5, 0.6) is 5.75 Å². The van der Waals surface area contributed by atoms with Crippen molar-refractivity contribution >= 4 is 11.3 Å². The number of rotatable bonds is 7. The van der Waals surface area contributed by atoms with E-state index in [0.717, 1.165) is 43.8 Å². The zero-order chi connectivity index (χ0) is 19.1. The molecule has 28 heavy (non-hydrogen) atoms. The van der Waals surface area contributed by atoms with E-state index in [1.54, 1.807) is 17.4 Å². The van der Waals surface area contributed by atoms with Crippen molar-refractivity contribution in [1.29, 1.82) is 0 Å². The van der Waals surface area contributed by atoms with E-state index in [9.17, 15) is 9.90 Å². The number of aromatic hydroxyl groups is 1. The summed E-state index contributed by atoms with van der Waals surface area (Å²) in [7, 11) is 0. The molecule has 3 atom stereocenters. The lowest BCUT2D eigenvalue weighted by molar-refractivity contribution is 0.0469. The van der Waals surface area contributed by atoms with Crippen molar-refractivity contribution in [2.24, 2.45) is 17.8 Å². The average molecular weight is 401 g/mol. The first kappa shape index (κ1) is 18.4. The molecule has 2 aromatic rings. The second kappa shape index (κ2) is 7.68. The Labute approximate surface area is 169 Å². The molecule has 0 spiro atoms. The van der Waals surface area contributed by atoms with Crippen molar-refractivity contribution in [3.63, 3.8) is 0 Å². The van der Waals surface area contributed by atoms with E-state index < -0.39 is 0 Å². The Hall–Kier alpha value is -1.59. The number of ether oxygens (including phenoxy) is 1. The van der Waals surface area contributed by atoms with Crippen LogP contribution in [0.2, 0.25) is 0 Å². The number of hydrogen-bond donors (Lipinski definition) is 1. The van der Waals surface area contributed by atoms with Gasteiger partial charge in [0.25, 0.3) is 0 Å². The van der Waals surface area contributed by atoms with E-state index in [2.05, 4.69) is 6.07 Å². The van der Waals surface area contributed by atoms with Crippen LogP contribution in [0.3, 0.4) is 0 Å². The maximum Gasteiger partial charge on any atom is 0.343 e. The maximum absolute atomic E-state index is 13.0. The van der Waals surface area contributed by atoms with Crippen LogP contribution in [-0.2, 0) is 4.74 Å². The Morgan fingerprint density at radius 1 is 1.18 bits per heavy atom. The van der Waals surface area contributed by atoms with Crippen LogP contribution in [0.4, 0.5) is 0 Å². The van der Waals surface area contributed by atoms with Crippen LogP contribution in [0.15, 0.2) is 32.8 Å². The van der Waals surface area contributed by atoms with E-state index in [-0.39, 0.29) is 23.2 Å². The van der Waals surface area contributed by atoms with Gasteiger partial charge in [0.05, 0.1) is 5.56 Å². The van der Waals surface area contributed by atoms with E-state index in [1.807, 2.05) is 11.4 Å². The summed E-state index contributed by atoms with van der Waals surface area (Å²) in [5, 5.41) is 12.9. The van der Waals surface area contributed by atoms with Crippen LogP contribution in [0.25, 0.3) is 0 Å². The Morgan fingerprint density at radius 3 is 2.61 bits per heavy atom. The lowest BCUT2D eigenvalue weighted by atomic mass is 9.85. The van der Waals surface area contributed by atoms with Gasteiger partial charge in [0, 0.05) is 36.0 Å². The summed E-state index contributed by atoms with van der Waals surface area (Å²) in [6.07, 6.45) is 7.86. The lowest BCUT2D eigenvalue weighted by Crippen LogP contribution is -2.22. The van der Waals surface area contributed by atoms with Gasteiger partial charge < -0.3 is 14.3 Å². The normalized spacial score (nSPS) is 24.8. The quantitative estimate of drug-likeness (QED) is 0.689. The van der Waals surface area contributed by atoms with Crippen LogP contribution < -0.4 is 5.63 Å². The molecular formula is C23H28O4S. The molecule has 4 nitrogen and oxygen atoms in total. The first-order valence-corrected chi connectivity index (χ1v) is 11.6. The third kappa shape index (κ3) is 3.79. The van der Waals surface area contributed by atoms with Gasteiger partial charge in [-0.05, 0) is 74.1 Å². The molecule has 150 valence electrons. The zero-order valence-electron chi connectivity index (χ0n) is 16.1. The number of hydrogen-bond acceptors (Lipinski definition) is 5. The first-order chi connectivity index (χ1) is 13.7. The van der Waals surface area contributed by atoms with Gasteiger partial charge in [-0.1, -0.05) is 6.07 Å². The van der Waals surface area contributed by atoms with E-state index in [0.29, 0.717) is 29.1 Å². The molecule has 0 aromatic carbocycles. The second-order valence-corrected chi connectivity index (χ2v) is 9.81. The zero-order valence-corrected chi connectivity index (χ0v) is 17.0. The van der Waals surface area contributed by atoms with Crippen molar-refractivity contribution in [3.05, 3.63) is 50.2 Å². The molecule has 2 saturated carbocycles. The van der Waals surface area contributed by atoms with Gasteiger partial charge in [-0.3, -0.25) is 0 Å². The summed E-state index contributed by atoms with van der Waals surface area (Å²) >= 11 is 1.65. The fraction of sp³-hybridized carbons (Fsp3) is 0.609. The van der Waals surface area contributed by atoms with Crippen molar-refractivity contribution < 1.29 is 14.3 Å². The molecule has 1 N–H and O–H groups in total. The summed E-state index contributed by atoms with van der Waals surface area (Å²) < 4.78 is 11.6. The standard InChI is InChI=1S/C23H28O4S/c24-18-12-19(17(15-5-6-15)11-14-3-1-9-26-13-14)27-23(25)22(18)21(16-7-8-16)20-4-2-10-28-20/h2,4,10,12,14-17,21,24H,1,3,5-9,11,13H2. The Kier molecular flexibility index (Phi) is 5.06. The first-order valence-electron chi connectivity index (χ1n) is 10.7. The van der Waals surface area contributed by atoms with Gasteiger partial charge >= 0.3 is 5.63 Å². The predicted molar refractivity (Wildman–Crippen MR) is 109 cm³/mol. The van der Waals surface area contributed by atoms with Crippen LogP contribution >= 0.6 is 11.3 Å². The highest BCUT2D eigenvalue weighted by Crippen LogP contribution is 2.50. The van der Waals surface area contributed by atoms with Gasteiger partial charge in [-0.25, -0.2) is 4.79 Å². The topological polar surface area (TPSA) is 59.7 Å². The third-order valence-electron chi connectivity index (χ3n) is 6.64. The molecule has 0 bridgehead atoms. The molecule has 1 saturated heterocycles. The molecule has 5 rings (SSSR count). The fourth-order valence-corrected chi connectivity index (χ4v) is 5.81. The van der Waals surface area contributed by atoms with Crippen molar-refractivity contribution in [3.8, 4) is 5.75 Å². The summed E-state index contributed by atoms with van der Waals surface area (Å²) in [5.41, 5.74) is 0.120. The highest BCUT2D eigenvalue weighted by Gasteiger charge is 2.40. The van der Waals surface area contributed by atoms with Gasteiger partial charge in [0.2, 0.25) is 0 Å². The summed E-state index contributed by atoms with van der Waals surface area (Å²) in [5.74, 6) is 2.54. The van der Waals surface area contributed by atoms with Gasteiger partial charge in [-0.2, -0.15) is 0 Å². The summed E-state index contributed by atoms with van der Waals surface area (Å²) in [4.78, 5) is 14.2. The largest absolute Gasteiger partial charge is 0.507 e. The third-order valence-corrected chi connectivity index (χ3v) is 7.59. The molecular weight excluding hydrogens is 372 g/mol. The molecule has 5 heteroatoms. The number of thiophene rings is 1. The molecule has 0 radical (unpaired) electrons. The van der Waals surface area contributed by atoms with Crippen LogP contribution in [0, 0.1) is 17.8 Å². The molecule has 3 unspecified atom stereocenters.